The normalized spacial score (nSPS) is 11.0. The first kappa shape index (κ1) is 20.3. The lowest BCUT2D eigenvalue weighted by molar-refractivity contribution is 0.0785. The lowest BCUT2D eigenvalue weighted by Crippen LogP contribution is -2.27. The zero-order valence-corrected chi connectivity index (χ0v) is 16.6. The minimum Gasteiger partial charge on any atom is -0.337 e. The molecule has 8 heteroatoms. The first-order valence-corrected chi connectivity index (χ1v) is 10.3. The van der Waals surface area contributed by atoms with Crippen molar-refractivity contribution in [2.45, 2.75) is 11.4 Å². The predicted octanol–water partition coefficient (Wildman–Crippen LogP) is 2.06. The fourth-order valence-electron chi connectivity index (χ4n) is 2.75. The summed E-state index contributed by atoms with van der Waals surface area (Å²) in [6.07, 6.45) is 8.65. The number of para-hydroxylation sites is 1. The summed E-state index contributed by atoms with van der Waals surface area (Å²) in [4.78, 5) is 14.3. The number of rotatable bonds is 7. The number of terminal acetylenes is 1. The molecule has 0 aliphatic rings. The quantitative estimate of drug-likeness (QED) is 0.607. The van der Waals surface area contributed by atoms with Crippen LogP contribution in [0.15, 0.2) is 71.9 Å². The van der Waals surface area contributed by atoms with Crippen molar-refractivity contribution in [2.24, 2.45) is 0 Å². The Morgan fingerprint density at radius 2 is 1.97 bits per heavy atom. The van der Waals surface area contributed by atoms with Crippen molar-refractivity contribution in [1.29, 1.82) is 0 Å². The number of hydrogen-bond acceptors (Lipinski definition) is 4. The SMILES string of the molecule is C#CCNS(=O)(=O)c1cccc(C(=O)N(C)Cc2cnn(-c3ccccc3)c2)c1. The van der Waals surface area contributed by atoms with Crippen LogP contribution in [0.4, 0.5) is 0 Å². The number of carbonyl (C=O) groups excluding carboxylic acids is 1. The number of hydrogen-bond donors (Lipinski definition) is 1. The topological polar surface area (TPSA) is 84.3 Å². The molecule has 0 aliphatic carbocycles. The van der Waals surface area contributed by atoms with Crippen LogP contribution in [0.2, 0.25) is 0 Å². The highest BCUT2D eigenvalue weighted by Gasteiger charge is 2.18. The molecule has 0 saturated carbocycles. The Balaban J connectivity index is 1.73. The Bertz CT molecular complexity index is 1150. The minimum absolute atomic E-state index is 0.0103. The molecule has 0 saturated heterocycles. The second-order valence-electron chi connectivity index (χ2n) is 6.35. The molecule has 29 heavy (non-hydrogen) atoms. The average Bonchev–Trinajstić information content (AvgIpc) is 3.21. The Morgan fingerprint density at radius 1 is 1.21 bits per heavy atom. The van der Waals surface area contributed by atoms with E-state index in [0.717, 1.165) is 11.3 Å². The number of nitrogens with one attached hydrogen (secondary N) is 1. The van der Waals surface area contributed by atoms with Gasteiger partial charge in [-0.3, -0.25) is 4.79 Å². The lowest BCUT2D eigenvalue weighted by Gasteiger charge is -2.16. The molecule has 1 amide bonds. The summed E-state index contributed by atoms with van der Waals surface area (Å²) in [5.74, 6) is 1.92. The highest BCUT2D eigenvalue weighted by Crippen LogP contribution is 2.15. The van der Waals surface area contributed by atoms with Gasteiger partial charge < -0.3 is 4.90 Å². The van der Waals surface area contributed by atoms with Gasteiger partial charge in [-0.2, -0.15) is 9.82 Å². The summed E-state index contributed by atoms with van der Waals surface area (Å²) in [5, 5.41) is 4.32. The largest absolute Gasteiger partial charge is 0.337 e. The molecule has 0 spiro atoms. The molecule has 0 unspecified atom stereocenters. The van der Waals surface area contributed by atoms with E-state index in [-0.39, 0.29) is 22.9 Å². The van der Waals surface area contributed by atoms with Crippen LogP contribution in [-0.4, -0.2) is 42.6 Å². The highest BCUT2D eigenvalue weighted by molar-refractivity contribution is 7.89. The maximum Gasteiger partial charge on any atom is 0.253 e. The molecule has 1 N–H and O–H groups in total. The van der Waals surface area contributed by atoms with Crippen LogP contribution >= 0.6 is 0 Å². The van der Waals surface area contributed by atoms with Gasteiger partial charge in [0.05, 0.1) is 23.3 Å². The van der Waals surface area contributed by atoms with Gasteiger partial charge in [0.15, 0.2) is 0 Å². The first-order chi connectivity index (χ1) is 13.9. The summed E-state index contributed by atoms with van der Waals surface area (Å²) >= 11 is 0. The Labute approximate surface area is 170 Å². The van der Waals surface area contributed by atoms with Gasteiger partial charge in [-0.15, -0.1) is 6.42 Å². The van der Waals surface area contributed by atoms with E-state index in [9.17, 15) is 13.2 Å². The van der Waals surface area contributed by atoms with Crippen molar-refractivity contribution in [1.82, 2.24) is 19.4 Å². The average molecular weight is 408 g/mol. The van der Waals surface area contributed by atoms with E-state index in [4.69, 9.17) is 6.42 Å². The molecular weight excluding hydrogens is 388 g/mol. The third-order valence-corrected chi connectivity index (χ3v) is 5.58. The molecule has 1 aromatic heterocycles. The number of nitrogens with zero attached hydrogens (tertiary/aromatic N) is 3. The van der Waals surface area contributed by atoms with E-state index in [1.54, 1.807) is 24.0 Å². The standard InChI is InChI=1S/C21H20N4O3S/c1-3-12-23-29(27,28)20-11-7-8-18(13-20)21(26)24(2)15-17-14-22-25(16-17)19-9-5-4-6-10-19/h1,4-11,13-14,16,23H,12,15H2,2H3. The van der Waals surface area contributed by atoms with Gasteiger partial charge in [0.1, 0.15) is 0 Å². The van der Waals surface area contributed by atoms with E-state index >= 15 is 0 Å². The van der Waals surface area contributed by atoms with Crippen LogP contribution < -0.4 is 4.72 Å². The van der Waals surface area contributed by atoms with E-state index in [1.807, 2.05) is 36.5 Å². The smallest absolute Gasteiger partial charge is 0.253 e. The monoisotopic (exact) mass is 408 g/mol. The summed E-state index contributed by atoms with van der Waals surface area (Å²) in [5.41, 5.74) is 2.04. The lowest BCUT2D eigenvalue weighted by atomic mass is 10.2. The van der Waals surface area contributed by atoms with Gasteiger partial charge in [-0.05, 0) is 30.3 Å². The highest BCUT2D eigenvalue weighted by atomic mass is 32.2. The van der Waals surface area contributed by atoms with Gasteiger partial charge >= 0.3 is 0 Å². The number of aromatic nitrogens is 2. The van der Waals surface area contributed by atoms with Crippen molar-refractivity contribution >= 4 is 15.9 Å². The molecule has 148 valence electrons. The molecule has 3 aromatic rings. The molecule has 0 aliphatic heterocycles. The van der Waals surface area contributed by atoms with Crippen LogP contribution in [0.5, 0.6) is 0 Å². The van der Waals surface area contributed by atoms with Gasteiger partial charge in [0.2, 0.25) is 10.0 Å². The van der Waals surface area contributed by atoms with Crippen LogP contribution in [0.3, 0.4) is 0 Å². The zero-order chi connectivity index (χ0) is 20.9. The number of amides is 1. The van der Waals surface area contributed by atoms with Crippen LogP contribution in [0, 0.1) is 12.3 Å². The number of benzene rings is 2. The maximum atomic E-state index is 12.8. The van der Waals surface area contributed by atoms with Crippen molar-refractivity contribution in [3.05, 3.63) is 78.1 Å². The van der Waals surface area contributed by atoms with Gasteiger partial charge in [0, 0.05) is 30.9 Å². The molecule has 7 nitrogen and oxygen atoms in total. The minimum atomic E-state index is -3.77. The summed E-state index contributed by atoms with van der Waals surface area (Å²) in [6.45, 7) is 0.212. The Morgan fingerprint density at radius 3 is 2.69 bits per heavy atom. The molecule has 2 aromatic carbocycles. The van der Waals surface area contributed by atoms with Crippen molar-refractivity contribution in [3.63, 3.8) is 0 Å². The van der Waals surface area contributed by atoms with E-state index in [2.05, 4.69) is 15.7 Å². The third-order valence-electron chi connectivity index (χ3n) is 4.18. The summed E-state index contributed by atoms with van der Waals surface area (Å²) in [7, 11) is -2.11. The molecule has 0 fully saturated rings. The van der Waals surface area contributed by atoms with Gasteiger partial charge in [-0.1, -0.05) is 30.2 Å². The van der Waals surface area contributed by atoms with Gasteiger partial charge in [-0.25, -0.2) is 13.1 Å². The third kappa shape index (κ3) is 4.90. The van der Waals surface area contributed by atoms with E-state index < -0.39 is 10.0 Å². The van der Waals surface area contributed by atoms with E-state index in [0.29, 0.717) is 6.54 Å². The molecule has 3 rings (SSSR count). The number of sulfonamides is 1. The van der Waals surface area contributed by atoms with Crippen molar-refractivity contribution in [2.75, 3.05) is 13.6 Å². The van der Waals surface area contributed by atoms with E-state index in [1.165, 1.54) is 23.1 Å². The maximum absolute atomic E-state index is 12.8. The predicted molar refractivity (Wildman–Crippen MR) is 110 cm³/mol. The summed E-state index contributed by atoms with van der Waals surface area (Å²) in [6, 6.07) is 15.5. The molecule has 0 bridgehead atoms. The first-order valence-electron chi connectivity index (χ1n) is 8.78. The van der Waals surface area contributed by atoms with Crippen LogP contribution in [0.1, 0.15) is 15.9 Å². The van der Waals surface area contributed by atoms with Crippen LogP contribution in [0.25, 0.3) is 5.69 Å². The summed E-state index contributed by atoms with van der Waals surface area (Å²) < 4.78 is 28.5. The van der Waals surface area contributed by atoms with Crippen molar-refractivity contribution < 1.29 is 13.2 Å². The van der Waals surface area contributed by atoms with Crippen molar-refractivity contribution in [3.8, 4) is 18.0 Å². The molecule has 0 radical (unpaired) electrons. The Hall–Kier alpha value is -3.41. The molecular formula is C21H20N4O3S. The number of carbonyl (C=O) groups is 1. The fourth-order valence-corrected chi connectivity index (χ4v) is 3.73. The second kappa shape index (κ2) is 8.73. The fraction of sp³-hybridized carbons (Fsp3) is 0.143. The zero-order valence-electron chi connectivity index (χ0n) is 15.8. The Kier molecular flexibility index (Phi) is 6.12. The molecule has 1 heterocycles. The van der Waals surface area contributed by atoms with Gasteiger partial charge in [0.25, 0.3) is 5.91 Å². The second-order valence-corrected chi connectivity index (χ2v) is 8.11. The molecule has 0 atom stereocenters. The van der Waals surface area contributed by atoms with Crippen LogP contribution in [-0.2, 0) is 16.6 Å².